The van der Waals surface area contributed by atoms with E-state index in [9.17, 15) is 0 Å². The molecule has 1 aromatic rings. The van der Waals surface area contributed by atoms with Gasteiger partial charge in [0.2, 0.25) is 0 Å². The molecule has 0 fully saturated rings. The van der Waals surface area contributed by atoms with Crippen LogP contribution in [0.25, 0.3) is 5.20 Å². The van der Waals surface area contributed by atoms with Gasteiger partial charge >= 0.3 is 0 Å². The van der Waals surface area contributed by atoms with Gasteiger partial charge in [-0.3, -0.25) is 0 Å². The molecule has 0 radical (unpaired) electrons. The number of benzene rings is 1. The first kappa shape index (κ1) is 13.2. The molecule has 1 atom stereocenters. The molecule has 1 unspecified atom stereocenters. The van der Waals surface area contributed by atoms with Crippen molar-refractivity contribution in [2.24, 2.45) is 0 Å². The van der Waals surface area contributed by atoms with Crippen molar-refractivity contribution in [2.45, 2.75) is 39.4 Å². The first-order valence-corrected chi connectivity index (χ1v) is 6.74. The van der Waals surface area contributed by atoms with E-state index in [1.165, 1.54) is 16.3 Å². The lowest BCUT2D eigenvalue weighted by molar-refractivity contribution is -0.0530. The normalized spacial score (nSPS) is 13.8. The Morgan fingerprint density at radius 1 is 1.31 bits per heavy atom. The second-order valence-corrected chi connectivity index (χ2v) is 6.45. The average molecular weight is 234 g/mol. The average Bonchev–Trinajstić information content (AvgIpc) is 2.15. The zero-order valence-corrected chi connectivity index (χ0v) is 13.0. The van der Waals surface area contributed by atoms with Gasteiger partial charge in [-0.15, -0.1) is 6.58 Å². The maximum atomic E-state index is 5.99. The van der Waals surface area contributed by atoms with Crippen LogP contribution in [0.1, 0.15) is 44.9 Å². The molecule has 0 saturated heterocycles. The predicted octanol–water partition coefficient (Wildman–Crippen LogP) is 2.90. The Kier molecular flexibility index (Phi) is 4.11. The lowest BCUT2D eigenvalue weighted by atomic mass is 10.0. The molecule has 0 N–H and O–H groups in total. The Bertz CT molecular complexity index is 377. The summed E-state index contributed by atoms with van der Waals surface area (Å²) in [6.07, 6.45) is 0.113. The maximum absolute atomic E-state index is 5.99. The standard InChI is InChI=1S/C14H22OSi/c1-10(15-14(3,4)5)12-8-6-7-9-13(12)11(2)16/h6-10H,2H2,1,3-5,16H3. The Labute approximate surface area is 102 Å². The van der Waals surface area contributed by atoms with Crippen LogP contribution in [0.3, 0.4) is 0 Å². The molecule has 16 heavy (non-hydrogen) atoms. The van der Waals surface area contributed by atoms with Gasteiger partial charge in [-0.2, -0.15) is 0 Å². The SMILES string of the molecule is C=C([SiH3])c1ccccc1C(C)OC(C)(C)C. The van der Waals surface area contributed by atoms with Crippen molar-refractivity contribution < 1.29 is 4.74 Å². The van der Waals surface area contributed by atoms with Crippen LogP contribution < -0.4 is 0 Å². The fourth-order valence-corrected chi connectivity index (χ4v) is 2.29. The van der Waals surface area contributed by atoms with E-state index in [1.54, 1.807) is 0 Å². The number of hydrogen-bond acceptors (Lipinski definition) is 1. The van der Waals surface area contributed by atoms with Crippen LogP contribution in [0.4, 0.5) is 0 Å². The van der Waals surface area contributed by atoms with Gasteiger partial charge in [0.15, 0.2) is 0 Å². The minimum absolute atomic E-state index is 0.112. The molecule has 0 aliphatic heterocycles. The fraction of sp³-hybridized carbons (Fsp3) is 0.429. The van der Waals surface area contributed by atoms with Crippen LogP contribution in [0.2, 0.25) is 0 Å². The van der Waals surface area contributed by atoms with Gasteiger partial charge in [0.1, 0.15) is 0 Å². The predicted molar refractivity (Wildman–Crippen MR) is 74.7 cm³/mol. The van der Waals surface area contributed by atoms with Crippen LogP contribution in [-0.2, 0) is 4.74 Å². The third-order valence-corrected chi connectivity index (χ3v) is 2.93. The number of ether oxygens (including phenoxy) is 1. The van der Waals surface area contributed by atoms with Gasteiger partial charge in [-0.05, 0) is 38.8 Å². The highest BCUT2D eigenvalue weighted by molar-refractivity contribution is 6.41. The van der Waals surface area contributed by atoms with Gasteiger partial charge in [0.25, 0.3) is 0 Å². The second kappa shape index (κ2) is 4.98. The molecular formula is C14H22OSi. The van der Waals surface area contributed by atoms with Crippen LogP contribution in [0, 0.1) is 0 Å². The second-order valence-electron chi connectivity index (χ2n) is 5.24. The summed E-state index contributed by atoms with van der Waals surface area (Å²) in [4.78, 5) is 0. The van der Waals surface area contributed by atoms with Crippen molar-refractivity contribution >= 4 is 15.4 Å². The highest BCUT2D eigenvalue weighted by atomic mass is 28.1. The molecule has 0 aliphatic carbocycles. The van der Waals surface area contributed by atoms with Crippen molar-refractivity contribution in [3.05, 3.63) is 42.0 Å². The van der Waals surface area contributed by atoms with Gasteiger partial charge < -0.3 is 4.74 Å². The van der Waals surface area contributed by atoms with E-state index in [0.29, 0.717) is 0 Å². The Morgan fingerprint density at radius 2 is 1.88 bits per heavy atom. The summed E-state index contributed by atoms with van der Waals surface area (Å²) in [6, 6.07) is 8.39. The van der Waals surface area contributed by atoms with Crippen molar-refractivity contribution in [3.8, 4) is 0 Å². The van der Waals surface area contributed by atoms with E-state index in [4.69, 9.17) is 4.74 Å². The fourth-order valence-electron chi connectivity index (χ4n) is 1.83. The molecule has 1 aromatic carbocycles. The summed E-state index contributed by atoms with van der Waals surface area (Å²) >= 11 is 0. The highest BCUT2D eigenvalue weighted by Gasteiger charge is 2.18. The van der Waals surface area contributed by atoms with Crippen molar-refractivity contribution in [1.29, 1.82) is 0 Å². The highest BCUT2D eigenvalue weighted by Crippen LogP contribution is 2.28. The van der Waals surface area contributed by atoms with E-state index in [-0.39, 0.29) is 11.7 Å². The third kappa shape index (κ3) is 3.61. The Hall–Kier alpha value is -0.863. The quantitative estimate of drug-likeness (QED) is 0.731. The van der Waals surface area contributed by atoms with Crippen LogP contribution in [0.5, 0.6) is 0 Å². The van der Waals surface area contributed by atoms with Gasteiger partial charge in [-0.1, -0.05) is 29.5 Å². The minimum atomic E-state index is -0.112. The van der Waals surface area contributed by atoms with Crippen LogP contribution in [-0.4, -0.2) is 15.8 Å². The smallest absolute Gasteiger partial charge is 0.0809 e. The van der Waals surface area contributed by atoms with Crippen LogP contribution >= 0.6 is 0 Å². The van der Waals surface area contributed by atoms with Crippen molar-refractivity contribution in [2.75, 3.05) is 0 Å². The van der Waals surface area contributed by atoms with E-state index in [2.05, 4.69) is 58.5 Å². The van der Waals surface area contributed by atoms with Gasteiger partial charge in [-0.25, -0.2) is 0 Å². The monoisotopic (exact) mass is 234 g/mol. The summed E-state index contributed by atoms with van der Waals surface area (Å²) < 4.78 is 5.99. The molecule has 1 rings (SSSR count). The summed E-state index contributed by atoms with van der Waals surface area (Å²) in [5.41, 5.74) is 2.39. The zero-order valence-electron chi connectivity index (χ0n) is 11.0. The van der Waals surface area contributed by atoms with Crippen LogP contribution in [0.15, 0.2) is 30.8 Å². The van der Waals surface area contributed by atoms with Crippen molar-refractivity contribution in [1.82, 2.24) is 0 Å². The minimum Gasteiger partial charge on any atom is -0.368 e. The van der Waals surface area contributed by atoms with Gasteiger partial charge in [0, 0.05) is 10.2 Å². The summed E-state index contributed by atoms with van der Waals surface area (Å²) in [5.74, 6) is 0. The van der Waals surface area contributed by atoms with Crippen molar-refractivity contribution in [3.63, 3.8) is 0 Å². The van der Waals surface area contributed by atoms with E-state index in [1.807, 2.05) is 0 Å². The largest absolute Gasteiger partial charge is 0.368 e. The third-order valence-electron chi connectivity index (χ3n) is 2.39. The lowest BCUT2D eigenvalue weighted by Crippen LogP contribution is -2.21. The molecule has 0 amide bonds. The van der Waals surface area contributed by atoms with E-state index in [0.717, 1.165) is 10.2 Å². The summed E-state index contributed by atoms with van der Waals surface area (Å²) in [5, 5.41) is 1.22. The Morgan fingerprint density at radius 3 is 2.38 bits per heavy atom. The maximum Gasteiger partial charge on any atom is 0.0809 e. The molecule has 88 valence electrons. The van der Waals surface area contributed by atoms with E-state index >= 15 is 0 Å². The molecule has 2 heteroatoms. The first-order chi connectivity index (χ1) is 7.31. The number of hydrogen-bond donors (Lipinski definition) is 0. The van der Waals surface area contributed by atoms with E-state index < -0.39 is 0 Å². The number of rotatable bonds is 3. The van der Waals surface area contributed by atoms with Gasteiger partial charge in [0.05, 0.1) is 11.7 Å². The zero-order chi connectivity index (χ0) is 12.3. The molecular weight excluding hydrogens is 212 g/mol. The lowest BCUT2D eigenvalue weighted by Gasteiger charge is -2.26. The molecule has 0 aliphatic rings. The molecule has 1 nitrogen and oxygen atoms in total. The summed E-state index contributed by atoms with van der Waals surface area (Å²) in [6.45, 7) is 12.4. The molecule has 0 bridgehead atoms. The molecule has 0 saturated carbocycles. The molecule has 0 aromatic heterocycles. The first-order valence-electron chi connectivity index (χ1n) is 5.74. The summed E-state index contributed by atoms with van der Waals surface area (Å²) in [7, 11) is 0.993. The Balaban J connectivity index is 2.99. The molecule has 0 spiro atoms. The molecule has 0 heterocycles. The topological polar surface area (TPSA) is 9.23 Å².